The number of aromatic nitrogens is 1. The fourth-order valence-corrected chi connectivity index (χ4v) is 3.64. The van der Waals surface area contributed by atoms with Gasteiger partial charge >= 0.3 is 0 Å². The summed E-state index contributed by atoms with van der Waals surface area (Å²) in [6, 6.07) is 14.7. The third-order valence-corrected chi connectivity index (χ3v) is 5.34. The number of benzene rings is 1. The molecular weight excluding hydrogens is 322 g/mol. The van der Waals surface area contributed by atoms with Crippen LogP contribution in [0.4, 0.5) is 0 Å². The molecule has 1 fully saturated rings. The van der Waals surface area contributed by atoms with Crippen molar-refractivity contribution in [1.29, 1.82) is 0 Å². The molecular formula is C22H31N3O. The van der Waals surface area contributed by atoms with Crippen molar-refractivity contribution in [2.45, 2.75) is 25.8 Å². The Morgan fingerprint density at radius 2 is 1.88 bits per heavy atom. The Bertz CT molecular complexity index is 636. The topological polar surface area (TPSA) is 28.6 Å². The Labute approximate surface area is 157 Å². The van der Waals surface area contributed by atoms with E-state index < -0.39 is 0 Å². The number of nitrogens with zero attached hydrogens (tertiary/aromatic N) is 3. The van der Waals surface area contributed by atoms with Crippen LogP contribution < -0.4 is 4.74 Å². The number of likely N-dealkylation sites (tertiary alicyclic amines) is 1. The van der Waals surface area contributed by atoms with Gasteiger partial charge in [0.15, 0.2) is 0 Å². The predicted octanol–water partition coefficient (Wildman–Crippen LogP) is 3.48. The van der Waals surface area contributed by atoms with Crippen molar-refractivity contribution in [2.75, 3.05) is 40.3 Å². The zero-order chi connectivity index (χ0) is 18.2. The lowest BCUT2D eigenvalue weighted by molar-refractivity contribution is 0.156. The van der Waals surface area contributed by atoms with Crippen LogP contribution in [0.3, 0.4) is 0 Å². The minimum absolute atomic E-state index is 0.797. The Morgan fingerprint density at radius 1 is 1.12 bits per heavy atom. The van der Waals surface area contributed by atoms with Crippen LogP contribution in [0.25, 0.3) is 0 Å². The maximum atomic E-state index is 5.26. The van der Waals surface area contributed by atoms with Crippen LogP contribution in [0.2, 0.25) is 0 Å². The lowest BCUT2D eigenvalue weighted by atomic mass is 9.96. The summed E-state index contributed by atoms with van der Waals surface area (Å²) < 4.78 is 5.26. The van der Waals surface area contributed by atoms with E-state index in [4.69, 9.17) is 4.74 Å². The Balaban J connectivity index is 1.59. The van der Waals surface area contributed by atoms with Gasteiger partial charge in [-0.1, -0.05) is 18.2 Å². The standard InChI is InChI=1S/C22H31N3O/c1-24-14-10-20(11-15-24)17-25(18-21-5-3-4-13-23-21)16-12-19-6-8-22(26-2)9-7-19/h3-9,13,20H,10-12,14-18H2,1-2H3. The SMILES string of the molecule is COc1ccc(CCN(Cc2ccccn2)CC2CCN(C)CC2)cc1. The molecule has 140 valence electrons. The first-order valence-corrected chi connectivity index (χ1v) is 9.66. The first-order valence-electron chi connectivity index (χ1n) is 9.66. The number of hydrogen-bond donors (Lipinski definition) is 0. The molecule has 1 aromatic carbocycles. The van der Waals surface area contributed by atoms with Crippen LogP contribution >= 0.6 is 0 Å². The third-order valence-electron chi connectivity index (χ3n) is 5.34. The lowest BCUT2D eigenvalue weighted by Gasteiger charge is -2.33. The van der Waals surface area contributed by atoms with E-state index in [1.165, 1.54) is 38.0 Å². The first kappa shape index (κ1) is 18.9. The van der Waals surface area contributed by atoms with E-state index in [0.29, 0.717) is 0 Å². The number of methoxy groups -OCH3 is 1. The van der Waals surface area contributed by atoms with Gasteiger partial charge in [-0.05, 0) is 75.1 Å². The average Bonchev–Trinajstić information content (AvgIpc) is 2.69. The highest BCUT2D eigenvalue weighted by Gasteiger charge is 2.20. The summed E-state index contributed by atoms with van der Waals surface area (Å²) in [5.41, 5.74) is 2.52. The molecule has 26 heavy (non-hydrogen) atoms. The highest BCUT2D eigenvalue weighted by Crippen LogP contribution is 2.19. The Morgan fingerprint density at radius 3 is 2.54 bits per heavy atom. The minimum Gasteiger partial charge on any atom is -0.497 e. The Hall–Kier alpha value is -1.91. The van der Waals surface area contributed by atoms with Crippen LogP contribution in [-0.4, -0.2) is 55.1 Å². The normalized spacial score (nSPS) is 16.1. The molecule has 0 N–H and O–H groups in total. The fraction of sp³-hybridized carbons (Fsp3) is 0.500. The molecule has 1 saturated heterocycles. The van der Waals surface area contributed by atoms with E-state index in [-0.39, 0.29) is 0 Å². The summed E-state index contributed by atoms with van der Waals surface area (Å²) in [7, 11) is 3.94. The summed E-state index contributed by atoms with van der Waals surface area (Å²) in [6.07, 6.45) is 5.56. The second-order valence-corrected chi connectivity index (χ2v) is 7.40. The molecule has 1 aromatic heterocycles. The van der Waals surface area contributed by atoms with E-state index in [2.05, 4.69) is 58.2 Å². The molecule has 4 heteroatoms. The molecule has 0 aliphatic carbocycles. The van der Waals surface area contributed by atoms with Gasteiger partial charge in [0.2, 0.25) is 0 Å². The molecule has 1 aliphatic heterocycles. The number of rotatable bonds is 8. The van der Waals surface area contributed by atoms with Gasteiger partial charge in [-0.25, -0.2) is 0 Å². The highest BCUT2D eigenvalue weighted by atomic mass is 16.5. The lowest BCUT2D eigenvalue weighted by Crippen LogP contribution is -2.37. The van der Waals surface area contributed by atoms with Gasteiger partial charge in [-0.3, -0.25) is 9.88 Å². The molecule has 0 saturated carbocycles. The quantitative estimate of drug-likeness (QED) is 0.726. The van der Waals surface area contributed by atoms with Gasteiger partial charge < -0.3 is 9.64 Å². The first-order chi connectivity index (χ1) is 12.7. The van der Waals surface area contributed by atoms with E-state index in [1.807, 2.05) is 12.3 Å². The maximum absolute atomic E-state index is 5.26. The number of hydrogen-bond acceptors (Lipinski definition) is 4. The van der Waals surface area contributed by atoms with Crippen LogP contribution in [-0.2, 0) is 13.0 Å². The van der Waals surface area contributed by atoms with Gasteiger partial charge in [-0.15, -0.1) is 0 Å². The maximum Gasteiger partial charge on any atom is 0.118 e. The summed E-state index contributed by atoms with van der Waals surface area (Å²) in [5.74, 6) is 1.72. The Kier molecular flexibility index (Phi) is 7.04. The van der Waals surface area contributed by atoms with Gasteiger partial charge in [0, 0.05) is 25.8 Å². The molecule has 0 amide bonds. The molecule has 1 aliphatic rings. The minimum atomic E-state index is 0.797. The van der Waals surface area contributed by atoms with Gasteiger partial charge in [0.25, 0.3) is 0 Å². The van der Waals surface area contributed by atoms with E-state index in [9.17, 15) is 0 Å². The van der Waals surface area contributed by atoms with Crippen molar-refractivity contribution >= 4 is 0 Å². The number of piperidine rings is 1. The molecule has 2 heterocycles. The van der Waals surface area contributed by atoms with Gasteiger partial charge in [-0.2, -0.15) is 0 Å². The van der Waals surface area contributed by atoms with Crippen LogP contribution in [0.1, 0.15) is 24.1 Å². The second kappa shape index (κ2) is 9.70. The summed E-state index contributed by atoms with van der Waals surface area (Å²) in [6.45, 7) is 5.61. The van der Waals surface area contributed by atoms with Crippen molar-refractivity contribution in [2.24, 2.45) is 5.92 Å². The number of pyridine rings is 1. The van der Waals surface area contributed by atoms with Gasteiger partial charge in [0.05, 0.1) is 12.8 Å². The van der Waals surface area contributed by atoms with Crippen LogP contribution in [0.5, 0.6) is 5.75 Å². The van der Waals surface area contributed by atoms with Crippen molar-refractivity contribution < 1.29 is 4.74 Å². The predicted molar refractivity (Wildman–Crippen MR) is 106 cm³/mol. The highest BCUT2D eigenvalue weighted by molar-refractivity contribution is 5.27. The van der Waals surface area contributed by atoms with Crippen molar-refractivity contribution in [1.82, 2.24) is 14.8 Å². The fourth-order valence-electron chi connectivity index (χ4n) is 3.64. The van der Waals surface area contributed by atoms with Crippen LogP contribution in [0.15, 0.2) is 48.7 Å². The monoisotopic (exact) mass is 353 g/mol. The molecule has 4 nitrogen and oxygen atoms in total. The van der Waals surface area contributed by atoms with Crippen molar-refractivity contribution in [3.63, 3.8) is 0 Å². The van der Waals surface area contributed by atoms with E-state index in [0.717, 1.165) is 36.9 Å². The third kappa shape index (κ3) is 5.82. The summed E-state index contributed by atoms with van der Waals surface area (Å²) in [5, 5.41) is 0. The smallest absolute Gasteiger partial charge is 0.118 e. The average molecular weight is 354 g/mol. The molecule has 2 aromatic rings. The van der Waals surface area contributed by atoms with Crippen LogP contribution in [0, 0.1) is 5.92 Å². The second-order valence-electron chi connectivity index (χ2n) is 7.40. The number of ether oxygens (including phenoxy) is 1. The molecule has 0 bridgehead atoms. The largest absolute Gasteiger partial charge is 0.497 e. The van der Waals surface area contributed by atoms with Gasteiger partial charge in [0.1, 0.15) is 5.75 Å². The molecule has 0 spiro atoms. The molecule has 0 atom stereocenters. The molecule has 3 rings (SSSR count). The van der Waals surface area contributed by atoms with Crippen molar-refractivity contribution in [3.05, 3.63) is 59.9 Å². The zero-order valence-electron chi connectivity index (χ0n) is 16.1. The van der Waals surface area contributed by atoms with E-state index >= 15 is 0 Å². The molecule has 0 unspecified atom stereocenters. The zero-order valence-corrected chi connectivity index (χ0v) is 16.1. The summed E-state index contributed by atoms with van der Waals surface area (Å²) in [4.78, 5) is 9.56. The summed E-state index contributed by atoms with van der Waals surface area (Å²) >= 11 is 0. The van der Waals surface area contributed by atoms with E-state index in [1.54, 1.807) is 7.11 Å². The molecule has 0 radical (unpaired) electrons. The van der Waals surface area contributed by atoms with Crippen molar-refractivity contribution in [3.8, 4) is 5.75 Å².